The summed E-state index contributed by atoms with van der Waals surface area (Å²) in [5, 5.41) is 6.21. The SMILES string of the molecule is CCc1ccc([C@H](CNC(=O)[C@H](NC(=O)c2ccccc2Cl)C(C)C)N(C)C)cc1. The summed E-state index contributed by atoms with van der Waals surface area (Å²) < 4.78 is 0. The maximum atomic E-state index is 12.9. The standard InChI is InChI=1S/C24H32ClN3O2/c1-6-17-11-13-18(14-12-17)21(28(4)5)15-26-24(30)22(16(2)3)27-23(29)19-9-7-8-10-20(19)25/h7-14,16,21-22H,6,15H2,1-5H3,(H,26,30)(H,27,29)/t21-,22+/m0/s1. The summed E-state index contributed by atoms with van der Waals surface area (Å²) in [6.45, 7) is 6.39. The van der Waals surface area contributed by atoms with Gasteiger partial charge in [0.05, 0.1) is 16.6 Å². The first-order chi connectivity index (χ1) is 14.2. The molecule has 2 N–H and O–H groups in total. The lowest BCUT2D eigenvalue weighted by atomic mass is 10.0. The number of benzene rings is 2. The molecule has 0 aliphatic rings. The average Bonchev–Trinajstić information content (AvgIpc) is 2.72. The number of likely N-dealkylation sites (N-methyl/N-ethyl adjacent to an activating group) is 1. The zero-order valence-corrected chi connectivity index (χ0v) is 19.2. The van der Waals surface area contributed by atoms with Gasteiger partial charge in [-0.3, -0.25) is 9.59 Å². The molecule has 2 aromatic carbocycles. The lowest BCUT2D eigenvalue weighted by Gasteiger charge is -2.27. The Kier molecular flexibility index (Phi) is 8.88. The van der Waals surface area contributed by atoms with Gasteiger partial charge in [-0.2, -0.15) is 0 Å². The van der Waals surface area contributed by atoms with Gasteiger partial charge >= 0.3 is 0 Å². The summed E-state index contributed by atoms with van der Waals surface area (Å²) in [4.78, 5) is 27.6. The number of rotatable bonds is 9. The van der Waals surface area contributed by atoms with Gasteiger partial charge < -0.3 is 15.5 Å². The molecule has 0 heterocycles. The zero-order valence-electron chi connectivity index (χ0n) is 18.4. The highest BCUT2D eigenvalue weighted by molar-refractivity contribution is 6.33. The predicted molar refractivity (Wildman–Crippen MR) is 123 cm³/mol. The fourth-order valence-electron chi connectivity index (χ4n) is 3.28. The molecule has 0 spiro atoms. The van der Waals surface area contributed by atoms with Gasteiger partial charge in [-0.25, -0.2) is 0 Å². The van der Waals surface area contributed by atoms with E-state index >= 15 is 0 Å². The monoisotopic (exact) mass is 429 g/mol. The number of halogens is 1. The number of hydrogen-bond donors (Lipinski definition) is 2. The van der Waals surface area contributed by atoms with Crippen LogP contribution in [-0.4, -0.2) is 43.4 Å². The van der Waals surface area contributed by atoms with Crippen molar-refractivity contribution in [3.05, 3.63) is 70.2 Å². The van der Waals surface area contributed by atoms with Crippen molar-refractivity contribution in [3.63, 3.8) is 0 Å². The maximum absolute atomic E-state index is 12.9. The Morgan fingerprint density at radius 3 is 2.20 bits per heavy atom. The Balaban J connectivity index is 2.07. The van der Waals surface area contributed by atoms with E-state index in [1.165, 1.54) is 5.56 Å². The molecule has 2 atom stereocenters. The van der Waals surface area contributed by atoms with Crippen molar-refractivity contribution in [1.29, 1.82) is 0 Å². The Morgan fingerprint density at radius 1 is 1.03 bits per heavy atom. The van der Waals surface area contributed by atoms with Crippen LogP contribution in [0.25, 0.3) is 0 Å². The van der Waals surface area contributed by atoms with Gasteiger partial charge in [-0.1, -0.05) is 68.8 Å². The van der Waals surface area contributed by atoms with E-state index in [1.807, 2.05) is 27.9 Å². The molecule has 0 unspecified atom stereocenters. The molecule has 0 fully saturated rings. The summed E-state index contributed by atoms with van der Waals surface area (Å²) in [5.74, 6) is -0.630. The van der Waals surface area contributed by atoms with E-state index in [1.54, 1.807) is 24.3 Å². The van der Waals surface area contributed by atoms with Crippen molar-refractivity contribution in [3.8, 4) is 0 Å². The van der Waals surface area contributed by atoms with Crippen LogP contribution in [0.4, 0.5) is 0 Å². The lowest BCUT2D eigenvalue weighted by molar-refractivity contribution is -0.124. The topological polar surface area (TPSA) is 61.4 Å². The van der Waals surface area contributed by atoms with E-state index in [2.05, 4.69) is 46.7 Å². The molecule has 0 radical (unpaired) electrons. The van der Waals surface area contributed by atoms with Gasteiger partial charge in [0.25, 0.3) is 5.91 Å². The smallest absolute Gasteiger partial charge is 0.253 e. The molecule has 30 heavy (non-hydrogen) atoms. The number of amides is 2. The molecular weight excluding hydrogens is 398 g/mol. The Labute approximate surface area is 184 Å². The largest absolute Gasteiger partial charge is 0.352 e. The Hall–Kier alpha value is -2.37. The number of aryl methyl sites for hydroxylation is 1. The molecule has 0 saturated heterocycles. The summed E-state index contributed by atoms with van der Waals surface area (Å²) in [6.07, 6.45) is 0.991. The minimum atomic E-state index is -0.654. The van der Waals surface area contributed by atoms with E-state index < -0.39 is 6.04 Å². The van der Waals surface area contributed by atoms with Crippen LogP contribution in [0.2, 0.25) is 5.02 Å². The normalized spacial score (nSPS) is 13.2. The van der Waals surface area contributed by atoms with Gasteiger partial charge in [0.1, 0.15) is 6.04 Å². The molecule has 162 valence electrons. The van der Waals surface area contributed by atoms with Gasteiger partial charge in [0.2, 0.25) is 5.91 Å². The minimum Gasteiger partial charge on any atom is -0.352 e. The average molecular weight is 430 g/mol. The van der Waals surface area contributed by atoms with E-state index in [-0.39, 0.29) is 23.8 Å². The fraction of sp³-hybridized carbons (Fsp3) is 0.417. The van der Waals surface area contributed by atoms with Crippen molar-refractivity contribution in [2.45, 2.75) is 39.3 Å². The number of nitrogens with zero attached hydrogens (tertiary/aromatic N) is 1. The van der Waals surface area contributed by atoms with Crippen LogP contribution in [0.15, 0.2) is 48.5 Å². The van der Waals surface area contributed by atoms with Crippen molar-refractivity contribution in [2.75, 3.05) is 20.6 Å². The maximum Gasteiger partial charge on any atom is 0.253 e. The Morgan fingerprint density at radius 2 is 1.67 bits per heavy atom. The van der Waals surface area contributed by atoms with Crippen LogP contribution < -0.4 is 10.6 Å². The molecule has 2 aromatic rings. The molecular formula is C24H32ClN3O2. The van der Waals surface area contributed by atoms with E-state index in [9.17, 15) is 9.59 Å². The first kappa shape index (κ1) is 23.9. The second kappa shape index (κ2) is 11.1. The van der Waals surface area contributed by atoms with E-state index in [0.717, 1.165) is 12.0 Å². The third kappa shape index (κ3) is 6.31. The fourth-order valence-corrected chi connectivity index (χ4v) is 3.50. The number of hydrogen-bond acceptors (Lipinski definition) is 3. The second-order valence-corrected chi connectivity index (χ2v) is 8.40. The summed E-state index contributed by atoms with van der Waals surface area (Å²) in [5.41, 5.74) is 2.78. The van der Waals surface area contributed by atoms with Crippen molar-refractivity contribution >= 4 is 23.4 Å². The molecule has 0 saturated carbocycles. The van der Waals surface area contributed by atoms with Crippen LogP contribution in [0.3, 0.4) is 0 Å². The summed E-state index contributed by atoms with van der Waals surface area (Å²) in [7, 11) is 3.98. The van der Waals surface area contributed by atoms with Crippen LogP contribution in [0.5, 0.6) is 0 Å². The first-order valence-corrected chi connectivity index (χ1v) is 10.7. The predicted octanol–water partition coefficient (Wildman–Crippen LogP) is 4.08. The highest BCUT2D eigenvalue weighted by atomic mass is 35.5. The lowest BCUT2D eigenvalue weighted by Crippen LogP contribution is -2.51. The van der Waals surface area contributed by atoms with E-state index in [0.29, 0.717) is 17.1 Å². The molecule has 0 bridgehead atoms. The second-order valence-electron chi connectivity index (χ2n) is 7.99. The molecule has 6 heteroatoms. The molecule has 2 rings (SSSR count). The van der Waals surface area contributed by atoms with Crippen LogP contribution in [0.1, 0.15) is 48.3 Å². The highest BCUT2D eigenvalue weighted by Gasteiger charge is 2.26. The molecule has 0 aliphatic carbocycles. The molecule has 2 amide bonds. The van der Waals surface area contributed by atoms with E-state index in [4.69, 9.17) is 11.6 Å². The van der Waals surface area contributed by atoms with Crippen LogP contribution in [0, 0.1) is 5.92 Å². The van der Waals surface area contributed by atoms with Gasteiger partial charge in [0.15, 0.2) is 0 Å². The minimum absolute atomic E-state index is 0.0342. The Bertz CT molecular complexity index is 850. The third-order valence-electron chi connectivity index (χ3n) is 5.22. The molecule has 0 aliphatic heterocycles. The van der Waals surface area contributed by atoms with Gasteiger partial charge in [-0.15, -0.1) is 0 Å². The van der Waals surface area contributed by atoms with Crippen molar-refractivity contribution in [1.82, 2.24) is 15.5 Å². The molecule has 0 aromatic heterocycles. The van der Waals surface area contributed by atoms with Crippen molar-refractivity contribution < 1.29 is 9.59 Å². The quantitative estimate of drug-likeness (QED) is 0.631. The summed E-state index contributed by atoms with van der Waals surface area (Å²) in [6, 6.07) is 14.6. The van der Waals surface area contributed by atoms with Gasteiger partial charge in [-0.05, 0) is 49.7 Å². The zero-order chi connectivity index (χ0) is 22.3. The number of nitrogens with one attached hydrogen (secondary N) is 2. The number of carbonyl (C=O) groups excluding carboxylic acids is 2. The molecule has 5 nitrogen and oxygen atoms in total. The van der Waals surface area contributed by atoms with Crippen LogP contribution in [-0.2, 0) is 11.2 Å². The van der Waals surface area contributed by atoms with Crippen LogP contribution >= 0.6 is 11.6 Å². The number of carbonyl (C=O) groups is 2. The third-order valence-corrected chi connectivity index (χ3v) is 5.55. The summed E-state index contributed by atoms with van der Waals surface area (Å²) >= 11 is 6.12. The first-order valence-electron chi connectivity index (χ1n) is 10.3. The van der Waals surface area contributed by atoms with Crippen molar-refractivity contribution in [2.24, 2.45) is 5.92 Å². The van der Waals surface area contributed by atoms with Gasteiger partial charge in [0, 0.05) is 6.54 Å². The highest BCUT2D eigenvalue weighted by Crippen LogP contribution is 2.19.